The molecule has 0 aliphatic heterocycles. The highest BCUT2D eigenvalue weighted by molar-refractivity contribution is 5.98. The van der Waals surface area contributed by atoms with Gasteiger partial charge in [0, 0.05) is 0 Å². The largest absolute Gasteiger partial charge is 0.496 e. The molecule has 0 saturated carbocycles. The smallest absolute Gasteiger partial charge is 0.387 e. The number of nitro groups is 1. The number of nitrogens with one attached hydrogen (secondary N) is 1. The van der Waals surface area contributed by atoms with E-state index in [1.165, 1.54) is 13.2 Å². The van der Waals surface area contributed by atoms with Crippen LogP contribution in [0.4, 0.5) is 14.5 Å². The first kappa shape index (κ1) is 23.3. The molecule has 0 radical (unpaired) electrons. The second-order valence-electron chi connectivity index (χ2n) is 5.81. The number of nitro benzene ring substituents is 1. The summed E-state index contributed by atoms with van der Waals surface area (Å²) < 4.78 is 44.1. The summed E-state index contributed by atoms with van der Waals surface area (Å²) in [7, 11) is 2.54. The molecule has 0 aliphatic rings. The maximum Gasteiger partial charge on any atom is 0.387 e. The van der Waals surface area contributed by atoms with Crippen LogP contribution in [-0.4, -0.2) is 44.2 Å². The number of amides is 1. The van der Waals surface area contributed by atoms with Crippen LogP contribution in [0.3, 0.4) is 0 Å². The molecule has 0 atom stereocenters. The lowest BCUT2D eigenvalue weighted by Crippen LogP contribution is -2.30. The number of alkyl halides is 2. The van der Waals surface area contributed by atoms with E-state index in [1.807, 2.05) is 0 Å². The van der Waals surface area contributed by atoms with Crippen molar-refractivity contribution in [1.29, 1.82) is 0 Å². The van der Waals surface area contributed by atoms with Gasteiger partial charge in [-0.3, -0.25) is 19.7 Å². The number of esters is 1. The van der Waals surface area contributed by atoms with E-state index in [0.29, 0.717) is 5.75 Å². The van der Waals surface area contributed by atoms with E-state index in [0.717, 1.165) is 19.2 Å². The van der Waals surface area contributed by atoms with Crippen LogP contribution in [0.2, 0.25) is 0 Å². The van der Waals surface area contributed by atoms with E-state index in [-0.39, 0.29) is 16.9 Å². The summed E-state index contributed by atoms with van der Waals surface area (Å²) in [4.78, 5) is 34.5. The van der Waals surface area contributed by atoms with E-state index in [4.69, 9.17) is 14.2 Å². The number of methoxy groups -OCH3 is 2. The lowest BCUT2D eigenvalue weighted by atomic mass is 10.1. The number of ether oxygens (including phenoxy) is 4. The van der Waals surface area contributed by atoms with Gasteiger partial charge in [-0.2, -0.15) is 8.78 Å². The standard InChI is InChI=1S/C19H18F2N2O8/c1-28-14-6-4-3-5-12(14)18(25)22-9-17(24)30-10-11-7-15(29-2)16(31-19(20)21)8-13(11)23(26)27/h3-8,19H,9-10H2,1-2H3,(H,22,25). The summed E-state index contributed by atoms with van der Waals surface area (Å²) in [5.41, 5.74) is -0.525. The molecule has 10 nitrogen and oxygen atoms in total. The van der Waals surface area contributed by atoms with Crippen LogP contribution < -0.4 is 19.5 Å². The molecule has 0 saturated heterocycles. The normalized spacial score (nSPS) is 10.4. The summed E-state index contributed by atoms with van der Waals surface area (Å²) >= 11 is 0. The molecule has 0 spiro atoms. The quantitative estimate of drug-likeness (QED) is 0.340. The van der Waals surface area contributed by atoms with E-state index in [1.54, 1.807) is 18.2 Å². The number of hydrogen-bond donors (Lipinski definition) is 1. The monoisotopic (exact) mass is 440 g/mol. The van der Waals surface area contributed by atoms with Gasteiger partial charge in [0.15, 0.2) is 11.5 Å². The maximum atomic E-state index is 12.5. The van der Waals surface area contributed by atoms with Gasteiger partial charge in [0.2, 0.25) is 0 Å². The number of hydrogen-bond acceptors (Lipinski definition) is 8. The van der Waals surface area contributed by atoms with Crippen LogP contribution in [0.1, 0.15) is 15.9 Å². The van der Waals surface area contributed by atoms with Crippen molar-refractivity contribution in [3.8, 4) is 17.2 Å². The predicted molar refractivity (Wildman–Crippen MR) is 101 cm³/mol. The van der Waals surface area contributed by atoms with Gasteiger partial charge in [-0.05, 0) is 18.2 Å². The highest BCUT2D eigenvalue weighted by Crippen LogP contribution is 2.36. The molecular weight excluding hydrogens is 422 g/mol. The first-order valence-electron chi connectivity index (χ1n) is 8.63. The Kier molecular flexibility index (Phi) is 8.06. The fourth-order valence-corrected chi connectivity index (χ4v) is 2.51. The van der Waals surface area contributed by atoms with E-state index in [2.05, 4.69) is 10.1 Å². The summed E-state index contributed by atoms with van der Waals surface area (Å²) in [5.74, 6) is -1.91. The van der Waals surface area contributed by atoms with Crippen LogP contribution in [0.25, 0.3) is 0 Å². The van der Waals surface area contributed by atoms with Crippen molar-refractivity contribution in [1.82, 2.24) is 5.32 Å². The minimum atomic E-state index is -3.22. The van der Waals surface area contributed by atoms with Crippen LogP contribution >= 0.6 is 0 Å². The van der Waals surface area contributed by atoms with Crippen LogP contribution in [-0.2, 0) is 16.1 Å². The van der Waals surface area contributed by atoms with Gasteiger partial charge in [-0.25, -0.2) is 0 Å². The van der Waals surface area contributed by atoms with Crippen molar-refractivity contribution < 1.29 is 42.2 Å². The molecule has 2 aromatic carbocycles. The van der Waals surface area contributed by atoms with Gasteiger partial charge in [0.25, 0.3) is 11.6 Å². The molecule has 0 bridgehead atoms. The molecule has 0 unspecified atom stereocenters. The van der Waals surface area contributed by atoms with Crippen molar-refractivity contribution >= 4 is 17.6 Å². The van der Waals surface area contributed by atoms with Crippen LogP contribution in [0.5, 0.6) is 17.2 Å². The molecule has 12 heteroatoms. The molecular formula is C19H18F2N2O8. The summed E-state index contributed by atoms with van der Waals surface area (Å²) in [6.45, 7) is -4.30. The van der Waals surface area contributed by atoms with Crippen molar-refractivity contribution in [3.63, 3.8) is 0 Å². The zero-order valence-corrected chi connectivity index (χ0v) is 16.4. The highest BCUT2D eigenvalue weighted by atomic mass is 19.3. The fraction of sp³-hybridized carbons (Fsp3) is 0.263. The first-order chi connectivity index (χ1) is 14.8. The van der Waals surface area contributed by atoms with Gasteiger partial charge < -0.3 is 24.3 Å². The molecule has 2 rings (SSSR count). The lowest BCUT2D eigenvalue weighted by molar-refractivity contribution is -0.386. The third-order valence-corrected chi connectivity index (χ3v) is 3.91. The second-order valence-corrected chi connectivity index (χ2v) is 5.81. The summed E-state index contributed by atoms with van der Waals surface area (Å²) in [6.07, 6.45) is 0. The van der Waals surface area contributed by atoms with E-state index >= 15 is 0 Å². The molecule has 1 amide bonds. The number of benzene rings is 2. The molecule has 31 heavy (non-hydrogen) atoms. The Hall–Kier alpha value is -3.96. The SMILES string of the molecule is COc1cc(COC(=O)CNC(=O)c2ccccc2OC)c([N+](=O)[O-])cc1OC(F)F. The third kappa shape index (κ3) is 6.26. The number of rotatable bonds is 10. The predicted octanol–water partition coefficient (Wildman–Crippen LogP) is 2.69. The van der Waals surface area contributed by atoms with Gasteiger partial charge in [-0.15, -0.1) is 0 Å². The Labute approximate surface area is 174 Å². The van der Waals surface area contributed by atoms with Gasteiger partial charge in [0.05, 0.1) is 36.3 Å². The van der Waals surface area contributed by atoms with Crippen LogP contribution in [0, 0.1) is 10.1 Å². The molecule has 0 aliphatic carbocycles. The average Bonchev–Trinajstić information content (AvgIpc) is 2.75. The zero-order chi connectivity index (χ0) is 23.0. The van der Waals surface area contributed by atoms with Crippen molar-refractivity contribution in [2.24, 2.45) is 0 Å². The fourth-order valence-electron chi connectivity index (χ4n) is 2.51. The highest BCUT2D eigenvalue weighted by Gasteiger charge is 2.23. The first-order valence-corrected chi connectivity index (χ1v) is 8.63. The zero-order valence-electron chi connectivity index (χ0n) is 16.4. The Bertz CT molecular complexity index is 968. The third-order valence-electron chi connectivity index (χ3n) is 3.91. The van der Waals surface area contributed by atoms with Crippen LogP contribution in [0.15, 0.2) is 36.4 Å². The summed E-state index contributed by atoms with van der Waals surface area (Å²) in [5, 5.41) is 13.6. The Balaban J connectivity index is 2.05. The molecule has 0 fully saturated rings. The Morgan fingerprint density at radius 3 is 2.39 bits per heavy atom. The van der Waals surface area contributed by atoms with Gasteiger partial charge in [-0.1, -0.05) is 12.1 Å². The Morgan fingerprint density at radius 2 is 1.77 bits per heavy atom. The van der Waals surface area contributed by atoms with Gasteiger partial charge in [0.1, 0.15) is 18.9 Å². The maximum absolute atomic E-state index is 12.5. The summed E-state index contributed by atoms with van der Waals surface area (Å²) in [6, 6.07) is 8.15. The number of carbonyl (C=O) groups excluding carboxylic acids is 2. The van der Waals surface area contributed by atoms with E-state index in [9.17, 15) is 28.5 Å². The van der Waals surface area contributed by atoms with Crippen molar-refractivity contribution in [2.45, 2.75) is 13.2 Å². The lowest BCUT2D eigenvalue weighted by Gasteiger charge is -2.13. The second kappa shape index (κ2) is 10.7. The van der Waals surface area contributed by atoms with E-state index < -0.39 is 48.0 Å². The molecule has 1 N–H and O–H groups in total. The number of halogens is 2. The van der Waals surface area contributed by atoms with Gasteiger partial charge >= 0.3 is 12.6 Å². The number of nitrogens with zero attached hydrogens (tertiary/aromatic N) is 1. The average molecular weight is 440 g/mol. The number of carbonyl (C=O) groups is 2. The molecule has 166 valence electrons. The minimum absolute atomic E-state index is 0.118. The van der Waals surface area contributed by atoms with Crippen molar-refractivity contribution in [3.05, 3.63) is 57.6 Å². The molecule has 0 aromatic heterocycles. The topological polar surface area (TPSA) is 126 Å². The number of para-hydroxylation sites is 1. The minimum Gasteiger partial charge on any atom is -0.496 e. The van der Waals surface area contributed by atoms with Crippen molar-refractivity contribution in [2.75, 3.05) is 20.8 Å². The molecule has 2 aromatic rings. The Morgan fingerprint density at radius 1 is 1.10 bits per heavy atom. The molecule has 0 heterocycles.